The van der Waals surface area contributed by atoms with Crippen molar-refractivity contribution in [1.82, 2.24) is 5.32 Å². The van der Waals surface area contributed by atoms with Gasteiger partial charge >= 0.3 is 0 Å². The summed E-state index contributed by atoms with van der Waals surface area (Å²) in [4.78, 5) is 12.4. The second-order valence-corrected chi connectivity index (χ2v) is 6.55. The maximum absolute atomic E-state index is 12.4. The Bertz CT molecular complexity index is 853. The third-order valence-electron chi connectivity index (χ3n) is 4.38. The molecule has 0 fully saturated rings. The second kappa shape index (κ2) is 9.08. The zero-order valence-corrected chi connectivity index (χ0v) is 15.8. The standard InChI is InChI=1S/C23H25NO3/c1-3-7-18-10-12-20(13-11-18)26-16-21-14-15-22(27-21)23(25)24-17(2)19-8-5-4-6-9-19/h4-6,8-15,17H,3,7,16H2,1-2H3,(H,24,25). The van der Waals surface area contributed by atoms with Crippen LogP contribution in [0.25, 0.3) is 0 Å². The molecule has 0 aliphatic carbocycles. The van der Waals surface area contributed by atoms with Crippen molar-refractivity contribution in [3.05, 3.63) is 89.4 Å². The molecule has 1 aromatic heterocycles. The summed E-state index contributed by atoms with van der Waals surface area (Å²) in [6, 6.07) is 21.3. The Morgan fingerprint density at radius 1 is 1.04 bits per heavy atom. The van der Waals surface area contributed by atoms with Gasteiger partial charge in [0.15, 0.2) is 5.76 Å². The average Bonchev–Trinajstić information content (AvgIpc) is 3.17. The van der Waals surface area contributed by atoms with E-state index < -0.39 is 0 Å². The molecular formula is C23H25NO3. The maximum atomic E-state index is 12.4. The van der Waals surface area contributed by atoms with Crippen LogP contribution in [0.2, 0.25) is 0 Å². The summed E-state index contributed by atoms with van der Waals surface area (Å²) in [6.45, 7) is 4.40. The van der Waals surface area contributed by atoms with Gasteiger partial charge in [0.25, 0.3) is 5.91 Å². The molecule has 1 heterocycles. The van der Waals surface area contributed by atoms with E-state index in [-0.39, 0.29) is 24.3 Å². The number of rotatable bonds is 8. The van der Waals surface area contributed by atoms with Crippen molar-refractivity contribution in [3.63, 3.8) is 0 Å². The van der Waals surface area contributed by atoms with E-state index in [1.807, 2.05) is 49.4 Å². The molecule has 1 atom stereocenters. The molecule has 0 aliphatic rings. The molecule has 0 radical (unpaired) electrons. The molecule has 1 N–H and O–H groups in total. The Morgan fingerprint density at radius 3 is 2.48 bits per heavy atom. The van der Waals surface area contributed by atoms with Gasteiger partial charge in [-0.3, -0.25) is 4.79 Å². The monoisotopic (exact) mass is 363 g/mol. The zero-order valence-electron chi connectivity index (χ0n) is 15.8. The largest absolute Gasteiger partial charge is 0.486 e. The Labute approximate surface area is 160 Å². The third kappa shape index (κ3) is 5.23. The molecule has 27 heavy (non-hydrogen) atoms. The van der Waals surface area contributed by atoms with E-state index in [1.54, 1.807) is 12.1 Å². The molecule has 0 aliphatic heterocycles. The number of carbonyl (C=O) groups is 1. The lowest BCUT2D eigenvalue weighted by molar-refractivity contribution is 0.0907. The van der Waals surface area contributed by atoms with Crippen LogP contribution in [-0.2, 0) is 13.0 Å². The summed E-state index contributed by atoms with van der Waals surface area (Å²) < 4.78 is 11.4. The lowest BCUT2D eigenvalue weighted by Crippen LogP contribution is -2.26. The molecular weight excluding hydrogens is 338 g/mol. The Balaban J connectivity index is 1.53. The van der Waals surface area contributed by atoms with Crippen LogP contribution in [-0.4, -0.2) is 5.91 Å². The number of furan rings is 1. The number of aryl methyl sites for hydroxylation is 1. The number of hydrogen-bond donors (Lipinski definition) is 1. The molecule has 4 nitrogen and oxygen atoms in total. The van der Waals surface area contributed by atoms with E-state index >= 15 is 0 Å². The minimum atomic E-state index is -0.235. The topological polar surface area (TPSA) is 51.5 Å². The minimum Gasteiger partial charge on any atom is -0.486 e. The quantitative estimate of drug-likeness (QED) is 0.591. The van der Waals surface area contributed by atoms with Crippen LogP contribution in [0.3, 0.4) is 0 Å². The fourth-order valence-electron chi connectivity index (χ4n) is 2.87. The van der Waals surface area contributed by atoms with Gasteiger partial charge in [-0.15, -0.1) is 0 Å². The fourth-order valence-corrected chi connectivity index (χ4v) is 2.87. The van der Waals surface area contributed by atoms with Crippen molar-refractivity contribution in [1.29, 1.82) is 0 Å². The molecule has 140 valence electrons. The second-order valence-electron chi connectivity index (χ2n) is 6.55. The number of benzene rings is 2. The molecule has 0 spiro atoms. The van der Waals surface area contributed by atoms with E-state index in [0.717, 1.165) is 24.2 Å². The van der Waals surface area contributed by atoms with Crippen molar-refractivity contribution in [3.8, 4) is 5.75 Å². The van der Waals surface area contributed by atoms with Crippen LogP contribution in [0.1, 0.15) is 53.8 Å². The van der Waals surface area contributed by atoms with Gasteiger partial charge in [-0.05, 0) is 48.7 Å². The smallest absolute Gasteiger partial charge is 0.287 e. The van der Waals surface area contributed by atoms with Gasteiger partial charge in [-0.1, -0.05) is 55.8 Å². The third-order valence-corrected chi connectivity index (χ3v) is 4.38. The van der Waals surface area contributed by atoms with Gasteiger partial charge in [0.2, 0.25) is 0 Å². The molecule has 0 saturated heterocycles. The van der Waals surface area contributed by atoms with E-state index in [2.05, 4.69) is 24.4 Å². The fraction of sp³-hybridized carbons (Fsp3) is 0.261. The highest BCUT2D eigenvalue weighted by Crippen LogP contribution is 2.17. The SMILES string of the molecule is CCCc1ccc(OCc2ccc(C(=O)NC(C)c3ccccc3)o2)cc1. The first-order valence-corrected chi connectivity index (χ1v) is 9.32. The number of ether oxygens (including phenoxy) is 1. The summed E-state index contributed by atoms with van der Waals surface area (Å²) in [5, 5.41) is 2.94. The van der Waals surface area contributed by atoms with Crippen LogP contribution >= 0.6 is 0 Å². The molecule has 0 saturated carbocycles. The Morgan fingerprint density at radius 2 is 1.78 bits per heavy atom. The van der Waals surface area contributed by atoms with Crippen molar-refractivity contribution in [2.75, 3.05) is 0 Å². The summed E-state index contributed by atoms with van der Waals surface area (Å²) in [5.41, 5.74) is 2.35. The molecule has 4 heteroatoms. The first-order chi connectivity index (χ1) is 13.2. The van der Waals surface area contributed by atoms with Crippen molar-refractivity contribution >= 4 is 5.91 Å². The summed E-state index contributed by atoms with van der Waals surface area (Å²) in [5.74, 6) is 1.45. The summed E-state index contributed by atoms with van der Waals surface area (Å²) >= 11 is 0. The minimum absolute atomic E-state index is 0.0925. The van der Waals surface area contributed by atoms with Gasteiger partial charge in [0.05, 0.1) is 6.04 Å². The van der Waals surface area contributed by atoms with Crippen LogP contribution in [0.5, 0.6) is 5.75 Å². The van der Waals surface area contributed by atoms with E-state index in [9.17, 15) is 4.79 Å². The average molecular weight is 363 g/mol. The van der Waals surface area contributed by atoms with Crippen molar-refractivity contribution in [2.24, 2.45) is 0 Å². The maximum Gasteiger partial charge on any atom is 0.287 e. The Kier molecular flexibility index (Phi) is 6.31. The highest BCUT2D eigenvalue weighted by Gasteiger charge is 2.15. The number of carbonyl (C=O) groups excluding carboxylic acids is 1. The Hall–Kier alpha value is -3.01. The zero-order chi connectivity index (χ0) is 19.1. The van der Waals surface area contributed by atoms with E-state index in [0.29, 0.717) is 5.76 Å². The molecule has 1 amide bonds. The lowest BCUT2D eigenvalue weighted by atomic mass is 10.1. The van der Waals surface area contributed by atoms with Crippen LogP contribution in [0.15, 0.2) is 71.1 Å². The lowest BCUT2D eigenvalue weighted by Gasteiger charge is -2.13. The predicted octanol–water partition coefficient (Wildman–Crippen LogP) is 5.30. The number of amides is 1. The van der Waals surface area contributed by atoms with Crippen molar-refractivity contribution in [2.45, 2.75) is 39.3 Å². The van der Waals surface area contributed by atoms with E-state index in [4.69, 9.17) is 9.15 Å². The molecule has 2 aromatic carbocycles. The normalized spacial score (nSPS) is 11.8. The predicted molar refractivity (Wildman–Crippen MR) is 106 cm³/mol. The van der Waals surface area contributed by atoms with Crippen molar-refractivity contribution < 1.29 is 13.9 Å². The highest BCUT2D eigenvalue weighted by atomic mass is 16.5. The molecule has 0 bridgehead atoms. The van der Waals surface area contributed by atoms with Crippen LogP contribution < -0.4 is 10.1 Å². The van der Waals surface area contributed by atoms with Gasteiger partial charge in [0, 0.05) is 0 Å². The molecule has 3 rings (SSSR count). The molecule has 1 unspecified atom stereocenters. The molecule has 3 aromatic rings. The highest BCUT2D eigenvalue weighted by molar-refractivity contribution is 5.91. The number of nitrogens with one attached hydrogen (secondary N) is 1. The summed E-state index contributed by atoms with van der Waals surface area (Å²) in [6.07, 6.45) is 2.19. The van der Waals surface area contributed by atoms with Gasteiger partial charge in [-0.25, -0.2) is 0 Å². The van der Waals surface area contributed by atoms with Gasteiger partial charge in [-0.2, -0.15) is 0 Å². The number of hydrogen-bond acceptors (Lipinski definition) is 3. The summed E-state index contributed by atoms with van der Waals surface area (Å²) in [7, 11) is 0. The van der Waals surface area contributed by atoms with Crippen LogP contribution in [0.4, 0.5) is 0 Å². The van der Waals surface area contributed by atoms with Gasteiger partial charge < -0.3 is 14.5 Å². The first-order valence-electron chi connectivity index (χ1n) is 9.32. The first kappa shape index (κ1) is 18.8. The van der Waals surface area contributed by atoms with Crippen LogP contribution in [0, 0.1) is 0 Å². The van der Waals surface area contributed by atoms with E-state index in [1.165, 1.54) is 5.56 Å². The van der Waals surface area contributed by atoms with Gasteiger partial charge in [0.1, 0.15) is 18.1 Å².